The number of nitrogens with one attached hydrogen (secondary N) is 1. The third kappa shape index (κ3) is 4.55. The van der Waals surface area contributed by atoms with Gasteiger partial charge in [0.2, 0.25) is 10.0 Å². The van der Waals surface area contributed by atoms with Gasteiger partial charge in [-0.1, -0.05) is 6.07 Å². The monoisotopic (exact) mass is 308 g/mol. The molecule has 1 aromatic rings. The number of nitrogens with zero attached hydrogens (tertiary/aromatic N) is 1. The Bertz CT molecular complexity index is 658. The van der Waals surface area contributed by atoms with Crippen molar-refractivity contribution >= 4 is 15.9 Å². The first-order valence-corrected chi connectivity index (χ1v) is 8.32. The summed E-state index contributed by atoms with van der Waals surface area (Å²) in [6.07, 6.45) is 2.18. The lowest BCUT2D eigenvalue weighted by Gasteiger charge is -2.22. The molecular weight excluding hydrogens is 292 g/mol. The van der Waals surface area contributed by atoms with E-state index in [0.29, 0.717) is 18.6 Å². The molecule has 1 N–H and O–H groups in total. The van der Waals surface area contributed by atoms with Crippen molar-refractivity contribution in [3.8, 4) is 6.07 Å². The minimum Gasteiger partial charge on any atom is -0.377 e. The van der Waals surface area contributed by atoms with Crippen LogP contribution in [-0.4, -0.2) is 32.8 Å². The van der Waals surface area contributed by atoms with E-state index in [1.54, 1.807) is 6.07 Å². The van der Waals surface area contributed by atoms with Crippen LogP contribution in [0.1, 0.15) is 35.2 Å². The van der Waals surface area contributed by atoms with Crippen LogP contribution in [0, 0.1) is 11.3 Å². The second kappa shape index (κ2) is 6.70. The Hall–Kier alpha value is -1.91. The lowest BCUT2D eigenvalue weighted by molar-refractivity contribution is 0.0304. The average Bonchev–Trinajstić information content (AvgIpc) is 2.47. The van der Waals surface area contributed by atoms with Gasteiger partial charge in [0.05, 0.1) is 23.5 Å². The maximum atomic E-state index is 12.0. The van der Waals surface area contributed by atoms with Gasteiger partial charge in [-0.25, -0.2) is 13.1 Å². The molecule has 0 aromatic heterocycles. The molecule has 1 aromatic carbocycles. The molecule has 0 aliphatic carbocycles. The van der Waals surface area contributed by atoms with Gasteiger partial charge in [-0.05, 0) is 37.5 Å². The van der Waals surface area contributed by atoms with Crippen LogP contribution in [0.4, 0.5) is 0 Å². The number of carbonyl (C=O) groups excluding carboxylic acids is 1. The van der Waals surface area contributed by atoms with Gasteiger partial charge in [-0.3, -0.25) is 4.79 Å². The largest absolute Gasteiger partial charge is 0.377 e. The van der Waals surface area contributed by atoms with E-state index >= 15 is 0 Å². The Kier molecular flexibility index (Phi) is 4.94. The molecule has 1 heterocycles. The molecular formula is C14H16N2O4S. The van der Waals surface area contributed by atoms with Crippen LogP contribution in [0.15, 0.2) is 24.3 Å². The molecule has 1 aliphatic heterocycles. The zero-order valence-electron chi connectivity index (χ0n) is 11.4. The topological polar surface area (TPSA) is 96.3 Å². The van der Waals surface area contributed by atoms with Crippen molar-refractivity contribution in [3.05, 3.63) is 35.4 Å². The van der Waals surface area contributed by atoms with E-state index in [2.05, 4.69) is 0 Å². The molecule has 2 rings (SSSR count). The van der Waals surface area contributed by atoms with Crippen LogP contribution in [0.3, 0.4) is 0 Å². The van der Waals surface area contributed by atoms with Gasteiger partial charge in [-0.2, -0.15) is 5.26 Å². The quantitative estimate of drug-likeness (QED) is 0.901. The summed E-state index contributed by atoms with van der Waals surface area (Å²) in [6, 6.07) is 7.79. The minimum atomic E-state index is -3.76. The standard InChI is InChI=1S/C14H16N2O4S/c15-9-11-4-3-5-12(8-11)14(17)16-21(18,19)10-13-6-1-2-7-20-13/h3-5,8,13H,1-2,6-7,10H2,(H,16,17)/t13-/m1/s1. The van der Waals surface area contributed by atoms with Gasteiger partial charge in [0.25, 0.3) is 5.91 Å². The fraction of sp³-hybridized carbons (Fsp3) is 0.429. The van der Waals surface area contributed by atoms with E-state index in [9.17, 15) is 13.2 Å². The first-order valence-electron chi connectivity index (χ1n) is 6.67. The summed E-state index contributed by atoms with van der Waals surface area (Å²) in [5.41, 5.74) is 0.442. The molecule has 0 spiro atoms. The molecule has 112 valence electrons. The maximum Gasteiger partial charge on any atom is 0.264 e. The Morgan fingerprint density at radius 2 is 2.24 bits per heavy atom. The molecule has 7 heteroatoms. The summed E-state index contributed by atoms with van der Waals surface area (Å²) in [5.74, 6) is -0.959. The molecule has 1 atom stereocenters. The number of ether oxygens (including phenoxy) is 1. The van der Waals surface area contributed by atoms with E-state index < -0.39 is 15.9 Å². The lowest BCUT2D eigenvalue weighted by Crippen LogP contribution is -2.38. The second-order valence-electron chi connectivity index (χ2n) is 4.89. The molecule has 1 aliphatic rings. The normalized spacial score (nSPS) is 18.7. The molecule has 1 fully saturated rings. The smallest absolute Gasteiger partial charge is 0.264 e. The van der Waals surface area contributed by atoms with Gasteiger partial charge in [0.1, 0.15) is 0 Å². The van der Waals surface area contributed by atoms with E-state index in [1.807, 2.05) is 10.8 Å². The second-order valence-corrected chi connectivity index (χ2v) is 6.66. The van der Waals surface area contributed by atoms with Crippen LogP contribution in [-0.2, 0) is 14.8 Å². The fourth-order valence-corrected chi connectivity index (χ4v) is 3.39. The molecule has 21 heavy (non-hydrogen) atoms. The van der Waals surface area contributed by atoms with Crippen molar-refractivity contribution in [1.29, 1.82) is 5.26 Å². The van der Waals surface area contributed by atoms with E-state index in [1.165, 1.54) is 18.2 Å². The van der Waals surface area contributed by atoms with Gasteiger partial charge in [0.15, 0.2) is 0 Å². The van der Waals surface area contributed by atoms with Crippen molar-refractivity contribution in [3.63, 3.8) is 0 Å². The number of rotatable bonds is 4. The summed E-state index contributed by atoms with van der Waals surface area (Å²) < 4.78 is 31.3. The van der Waals surface area contributed by atoms with Crippen molar-refractivity contribution < 1.29 is 17.9 Å². The van der Waals surface area contributed by atoms with Gasteiger partial charge < -0.3 is 4.74 Å². The number of hydrogen-bond acceptors (Lipinski definition) is 5. The van der Waals surface area contributed by atoms with Crippen LogP contribution in [0.2, 0.25) is 0 Å². The Morgan fingerprint density at radius 3 is 2.90 bits per heavy atom. The van der Waals surface area contributed by atoms with Crippen LogP contribution < -0.4 is 4.72 Å². The van der Waals surface area contributed by atoms with E-state index in [-0.39, 0.29) is 17.4 Å². The van der Waals surface area contributed by atoms with Gasteiger partial charge >= 0.3 is 0 Å². The third-order valence-corrected chi connectivity index (χ3v) is 4.49. The van der Waals surface area contributed by atoms with Gasteiger partial charge in [-0.15, -0.1) is 0 Å². The van der Waals surface area contributed by atoms with E-state index in [4.69, 9.17) is 10.00 Å². The van der Waals surface area contributed by atoms with Crippen LogP contribution in [0.5, 0.6) is 0 Å². The number of carbonyl (C=O) groups is 1. The number of sulfonamides is 1. The zero-order chi connectivity index (χ0) is 15.3. The fourth-order valence-electron chi connectivity index (χ4n) is 2.16. The highest BCUT2D eigenvalue weighted by Gasteiger charge is 2.24. The molecule has 0 saturated carbocycles. The number of benzene rings is 1. The summed E-state index contributed by atoms with van der Waals surface area (Å²) in [6.45, 7) is 0.554. The lowest BCUT2D eigenvalue weighted by atomic mass is 10.1. The number of nitriles is 1. The first kappa shape index (κ1) is 15.5. The average molecular weight is 308 g/mol. The number of hydrogen-bond donors (Lipinski definition) is 1. The molecule has 1 saturated heterocycles. The zero-order valence-corrected chi connectivity index (χ0v) is 12.2. The summed E-state index contributed by atoms with van der Waals surface area (Å²) in [4.78, 5) is 11.9. The highest BCUT2D eigenvalue weighted by Crippen LogP contribution is 2.14. The summed E-state index contributed by atoms with van der Waals surface area (Å²) in [7, 11) is -3.76. The van der Waals surface area contributed by atoms with E-state index in [0.717, 1.165) is 12.8 Å². The predicted octanol–water partition coefficient (Wildman–Crippen LogP) is 1.19. The highest BCUT2D eigenvalue weighted by atomic mass is 32.2. The third-order valence-electron chi connectivity index (χ3n) is 3.18. The predicted molar refractivity (Wildman–Crippen MR) is 76.0 cm³/mol. The Morgan fingerprint density at radius 1 is 1.43 bits per heavy atom. The molecule has 0 bridgehead atoms. The Labute approximate surface area is 123 Å². The molecule has 0 unspecified atom stereocenters. The maximum absolute atomic E-state index is 12.0. The minimum absolute atomic E-state index is 0.141. The molecule has 1 amide bonds. The number of amides is 1. The van der Waals surface area contributed by atoms with Crippen LogP contribution in [0.25, 0.3) is 0 Å². The molecule has 6 nitrogen and oxygen atoms in total. The van der Waals surface area contributed by atoms with Crippen molar-refractivity contribution in [2.45, 2.75) is 25.4 Å². The van der Waals surface area contributed by atoms with Gasteiger partial charge in [0, 0.05) is 12.2 Å². The first-order chi connectivity index (χ1) is 10.00. The highest BCUT2D eigenvalue weighted by molar-refractivity contribution is 7.90. The van der Waals surface area contributed by atoms with Crippen molar-refractivity contribution in [2.24, 2.45) is 0 Å². The van der Waals surface area contributed by atoms with Crippen LogP contribution >= 0.6 is 0 Å². The Balaban J connectivity index is 2.01. The van der Waals surface area contributed by atoms with Crippen molar-refractivity contribution in [2.75, 3.05) is 12.4 Å². The molecule has 0 radical (unpaired) electrons. The summed E-state index contributed by atoms with van der Waals surface area (Å²) >= 11 is 0. The summed E-state index contributed by atoms with van der Waals surface area (Å²) in [5, 5.41) is 8.78. The SMILES string of the molecule is N#Cc1cccc(C(=O)NS(=O)(=O)C[C@H]2CCCCO2)c1. The van der Waals surface area contributed by atoms with Crippen molar-refractivity contribution in [1.82, 2.24) is 4.72 Å².